The number of carbonyl (C=O) groups excluding carboxylic acids is 1. The highest BCUT2D eigenvalue weighted by atomic mass is 32.2. The molecule has 0 unspecified atom stereocenters. The largest absolute Gasteiger partial charge is 0.366 e. The minimum Gasteiger partial charge on any atom is -0.366 e. The number of nitrogens with one attached hydrogen (secondary N) is 2. The second-order valence-electron chi connectivity index (χ2n) is 4.72. The van der Waals surface area contributed by atoms with E-state index in [9.17, 15) is 13.2 Å². The number of carbonyl (C=O) groups is 1. The lowest BCUT2D eigenvalue weighted by Gasteiger charge is -2.25. The summed E-state index contributed by atoms with van der Waals surface area (Å²) in [5, 5.41) is 2.76. The highest BCUT2D eigenvalue weighted by molar-refractivity contribution is 7.89. The highest BCUT2D eigenvalue weighted by Crippen LogP contribution is 2.19. The highest BCUT2D eigenvalue weighted by Gasteiger charge is 2.26. The van der Waals surface area contributed by atoms with E-state index >= 15 is 0 Å². The normalized spacial score (nSPS) is 16.8. The molecule has 0 bridgehead atoms. The van der Waals surface area contributed by atoms with Gasteiger partial charge in [-0.25, -0.2) is 13.4 Å². The molecule has 1 aromatic rings. The lowest BCUT2D eigenvalue weighted by molar-refractivity contribution is -0.364. The number of rotatable bonds is 5. The van der Waals surface area contributed by atoms with Gasteiger partial charge in [0.1, 0.15) is 11.1 Å². The molecular weight excluding hydrogens is 280 g/mol. The maximum atomic E-state index is 12.4. The predicted molar refractivity (Wildman–Crippen MR) is 73.3 cm³/mol. The van der Waals surface area contributed by atoms with Crippen molar-refractivity contribution in [3.8, 4) is 0 Å². The van der Waals surface area contributed by atoms with Gasteiger partial charge in [-0.3, -0.25) is 10.1 Å². The number of nitrogens with zero attached hydrogens (tertiary/aromatic N) is 1. The SMILES string of the molecule is NC(=O)CNc1ccc(S(=O)(=O)N2CCCCC2)c[nH+]1. The zero-order valence-electron chi connectivity index (χ0n) is 11.1. The Balaban J connectivity index is 2.10. The van der Waals surface area contributed by atoms with E-state index in [1.165, 1.54) is 16.6 Å². The minimum atomic E-state index is -3.43. The quantitative estimate of drug-likeness (QED) is 0.769. The molecule has 8 heteroatoms. The van der Waals surface area contributed by atoms with Gasteiger partial charge in [0.15, 0.2) is 6.54 Å². The number of piperidine rings is 1. The summed E-state index contributed by atoms with van der Waals surface area (Å²) in [4.78, 5) is 13.7. The third-order valence-corrected chi connectivity index (χ3v) is 5.08. The number of hydrogen-bond donors (Lipinski definition) is 2. The Bertz CT molecular complexity index is 565. The van der Waals surface area contributed by atoms with Crippen LogP contribution in [-0.4, -0.2) is 38.3 Å². The number of hydrogen-bond acceptors (Lipinski definition) is 4. The van der Waals surface area contributed by atoms with Gasteiger partial charge in [-0.1, -0.05) is 6.42 Å². The molecule has 0 aromatic carbocycles. The van der Waals surface area contributed by atoms with E-state index in [1.54, 1.807) is 6.07 Å². The first kappa shape index (κ1) is 14.7. The average Bonchev–Trinajstić information content (AvgIpc) is 2.46. The number of aromatic amines is 1. The summed E-state index contributed by atoms with van der Waals surface area (Å²) < 4.78 is 26.3. The molecule has 2 rings (SSSR count). The van der Waals surface area contributed by atoms with Crippen LogP contribution in [0, 0.1) is 0 Å². The van der Waals surface area contributed by atoms with Crippen LogP contribution in [0.3, 0.4) is 0 Å². The second-order valence-corrected chi connectivity index (χ2v) is 6.66. The number of aromatic nitrogens is 1. The fraction of sp³-hybridized carbons (Fsp3) is 0.500. The Morgan fingerprint density at radius 3 is 2.55 bits per heavy atom. The number of amides is 1. The molecule has 1 aliphatic rings. The summed E-state index contributed by atoms with van der Waals surface area (Å²) in [7, 11) is -3.43. The van der Waals surface area contributed by atoms with Crippen LogP contribution >= 0.6 is 0 Å². The molecule has 2 heterocycles. The van der Waals surface area contributed by atoms with E-state index in [4.69, 9.17) is 5.73 Å². The molecule has 110 valence electrons. The van der Waals surface area contributed by atoms with Crippen molar-refractivity contribution in [3.63, 3.8) is 0 Å². The standard InChI is InChI=1S/C12H18N4O3S/c13-11(17)9-15-12-5-4-10(8-14-12)20(18,19)16-6-2-1-3-7-16/h4-5,8H,1-3,6-7,9H2,(H2,13,17)(H,14,15)/p+1. The average molecular weight is 299 g/mol. The molecule has 1 saturated heterocycles. The van der Waals surface area contributed by atoms with Gasteiger partial charge in [0.2, 0.25) is 10.0 Å². The molecule has 0 atom stereocenters. The van der Waals surface area contributed by atoms with Gasteiger partial charge in [0.05, 0.1) is 0 Å². The summed E-state index contributed by atoms with van der Waals surface area (Å²) in [6.07, 6.45) is 4.31. The van der Waals surface area contributed by atoms with E-state index in [2.05, 4.69) is 10.3 Å². The Hall–Kier alpha value is -1.67. The predicted octanol–water partition coefficient (Wildman–Crippen LogP) is -0.427. The monoisotopic (exact) mass is 299 g/mol. The second kappa shape index (κ2) is 6.19. The molecule has 1 aromatic heterocycles. The van der Waals surface area contributed by atoms with Crippen LogP contribution in [0.25, 0.3) is 0 Å². The van der Waals surface area contributed by atoms with Crippen molar-refractivity contribution in [3.05, 3.63) is 18.3 Å². The van der Waals surface area contributed by atoms with Crippen molar-refractivity contribution < 1.29 is 18.2 Å². The number of primary amides is 1. The van der Waals surface area contributed by atoms with Crippen molar-refractivity contribution in [2.24, 2.45) is 5.73 Å². The Morgan fingerprint density at radius 1 is 1.30 bits per heavy atom. The first-order valence-electron chi connectivity index (χ1n) is 6.54. The summed E-state index contributed by atoms with van der Waals surface area (Å²) in [6.45, 7) is 1.14. The first-order valence-corrected chi connectivity index (χ1v) is 7.98. The van der Waals surface area contributed by atoms with Gasteiger partial charge in [0.25, 0.3) is 11.7 Å². The van der Waals surface area contributed by atoms with Gasteiger partial charge in [-0.05, 0) is 18.9 Å². The molecule has 1 amide bonds. The molecule has 1 fully saturated rings. The van der Waals surface area contributed by atoms with Crippen molar-refractivity contribution in [1.82, 2.24) is 4.31 Å². The topological polar surface area (TPSA) is 107 Å². The van der Waals surface area contributed by atoms with Gasteiger partial charge < -0.3 is 5.73 Å². The van der Waals surface area contributed by atoms with Crippen LogP contribution in [0.1, 0.15) is 19.3 Å². The maximum absolute atomic E-state index is 12.4. The molecule has 0 spiro atoms. The molecule has 0 aliphatic carbocycles. The van der Waals surface area contributed by atoms with Crippen molar-refractivity contribution in [2.75, 3.05) is 25.0 Å². The first-order chi connectivity index (χ1) is 9.50. The zero-order chi connectivity index (χ0) is 14.6. The van der Waals surface area contributed by atoms with E-state index in [0.717, 1.165) is 19.3 Å². The number of pyridine rings is 1. The Labute approximate surface area is 118 Å². The summed E-state index contributed by atoms with van der Waals surface area (Å²) in [6, 6.07) is 3.10. The molecule has 0 radical (unpaired) electrons. The molecule has 7 nitrogen and oxygen atoms in total. The Morgan fingerprint density at radius 2 is 2.00 bits per heavy atom. The smallest absolute Gasteiger partial charge is 0.272 e. The lowest BCUT2D eigenvalue weighted by atomic mass is 10.2. The van der Waals surface area contributed by atoms with E-state index in [1.807, 2.05) is 0 Å². The maximum Gasteiger partial charge on any atom is 0.272 e. The zero-order valence-corrected chi connectivity index (χ0v) is 11.9. The third kappa shape index (κ3) is 3.45. The number of anilines is 1. The number of sulfonamides is 1. The summed E-state index contributed by atoms with van der Waals surface area (Å²) in [5.41, 5.74) is 5.02. The van der Waals surface area contributed by atoms with E-state index < -0.39 is 15.9 Å². The minimum absolute atomic E-state index is 0.00524. The third-order valence-electron chi connectivity index (χ3n) is 3.19. The number of nitrogens with two attached hydrogens (primary N) is 1. The fourth-order valence-corrected chi connectivity index (χ4v) is 3.60. The van der Waals surface area contributed by atoms with Gasteiger partial charge in [-0.2, -0.15) is 4.31 Å². The van der Waals surface area contributed by atoms with Crippen LogP contribution < -0.4 is 16.0 Å². The van der Waals surface area contributed by atoms with Gasteiger partial charge in [0, 0.05) is 19.2 Å². The van der Waals surface area contributed by atoms with E-state index in [-0.39, 0.29) is 11.4 Å². The van der Waals surface area contributed by atoms with Crippen LogP contribution in [-0.2, 0) is 14.8 Å². The van der Waals surface area contributed by atoms with Crippen LogP contribution in [0.4, 0.5) is 5.82 Å². The molecule has 4 N–H and O–H groups in total. The molecule has 0 saturated carbocycles. The fourth-order valence-electron chi connectivity index (χ4n) is 2.12. The summed E-state index contributed by atoms with van der Waals surface area (Å²) in [5.74, 6) is 0.0600. The lowest BCUT2D eigenvalue weighted by Crippen LogP contribution is -2.36. The van der Waals surface area contributed by atoms with Crippen LogP contribution in [0.15, 0.2) is 23.2 Å². The van der Waals surface area contributed by atoms with Gasteiger partial charge in [-0.15, -0.1) is 0 Å². The van der Waals surface area contributed by atoms with Crippen molar-refractivity contribution in [2.45, 2.75) is 24.2 Å². The van der Waals surface area contributed by atoms with Gasteiger partial charge >= 0.3 is 0 Å². The summed E-state index contributed by atoms with van der Waals surface area (Å²) >= 11 is 0. The van der Waals surface area contributed by atoms with E-state index in [0.29, 0.717) is 18.9 Å². The van der Waals surface area contributed by atoms with Crippen LogP contribution in [0.2, 0.25) is 0 Å². The Kier molecular flexibility index (Phi) is 4.56. The van der Waals surface area contributed by atoms with Crippen molar-refractivity contribution >= 4 is 21.7 Å². The van der Waals surface area contributed by atoms with Crippen LogP contribution in [0.5, 0.6) is 0 Å². The number of H-pyrrole nitrogens is 1. The molecule has 1 aliphatic heterocycles. The van der Waals surface area contributed by atoms with Crippen molar-refractivity contribution in [1.29, 1.82) is 0 Å². The molecule has 20 heavy (non-hydrogen) atoms. The molecular formula is C12H19N4O3S+.